The van der Waals surface area contributed by atoms with Crippen molar-refractivity contribution in [1.82, 2.24) is 20.4 Å². The van der Waals surface area contributed by atoms with Gasteiger partial charge in [-0.25, -0.2) is 0 Å². The van der Waals surface area contributed by atoms with E-state index in [1.54, 1.807) is 0 Å². The number of amides is 1. The van der Waals surface area contributed by atoms with Gasteiger partial charge in [0.05, 0.1) is 0 Å². The molecule has 3 aliphatic rings. The number of nitrogens with one attached hydrogen (secondary N) is 2. The zero-order chi connectivity index (χ0) is 15.0. The second-order valence-electron chi connectivity index (χ2n) is 7.31. The van der Waals surface area contributed by atoms with Crippen molar-refractivity contribution < 1.29 is 4.79 Å². The Bertz CT molecular complexity index is 555. The molecule has 0 unspecified atom stereocenters. The fourth-order valence-corrected chi connectivity index (χ4v) is 4.54. The molecular weight excluding hydrogens is 312 g/mol. The molecule has 6 heteroatoms. The maximum absolute atomic E-state index is 12.8. The first-order chi connectivity index (χ1) is 10.8. The van der Waals surface area contributed by atoms with E-state index in [9.17, 15) is 4.79 Å². The summed E-state index contributed by atoms with van der Waals surface area (Å²) in [4.78, 5) is 14.9. The van der Waals surface area contributed by atoms with Crippen LogP contribution in [0.15, 0.2) is 0 Å². The van der Waals surface area contributed by atoms with Crippen molar-refractivity contribution in [3.05, 3.63) is 17.0 Å². The summed E-state index contributed by atoms with van der Waals surface area (Å²) in [7, 11) is 0. The lowest BCUT2D eigenvalue weighted by Gasteiger charge is -2.44. The molecule has 0 bridgehead atoms. The van der Waals surface area contributed by atoms with Crippen molar-refractivity contribution in [1.29, 1.82) is 0 Å². The van der Waals surface area contributed by atoms with E-state index in [1.807, 2.05) is 4.90 Å². The average molecular weight is 339 g/mol. The Morgan fingerprint density at radius 2 is 1.83 bits per heavy atom. The number of rotatable bonds is 1. The first-order valence-electron chi connectivity index (χ1n) is 8.84. The van der Waals surface area contributed by atoms with Crippen LogP contribution in [-0.2, 0) is 13.0 Å². The molecule has 1 saturated heterocycles. The lowest BCUT2D eigenvalue weighted by atomic mass is 9.68. The van der Waals surface area contributed by atoms with Crippen molar-refractivity contribution in [2.24, 2.45) is 5.41 Å². The standard InChI is InChI=1S/C17H26N4O.ClH/c22-16(15-13-12-18-9-4-14(13)19-20-15)21-10-7-17(8-11-21)5-2-1-3-6-17;/h18H,1-12H2,(H,19,20);1H. The number of H-pyrrole nitrogens is 1. The van der Waals surface area contributed by atoms with E-state index in [0.717, 1.165) is 43.9 Å². The normalized spacial score (nSPS) is 23.2. The molecule has 2 N–H and O–H groups in total. The maximum Gasteiger partial charge on any atom is 0.274 e. The lowest BCUT2D eigenvalue weighted by molar-refractivity contribution is 0.0466. The predicted molar refractivity (Wildman–Crippen MR) is 91.9 cm³/mol. The number of likely N-dealkylation sites (tertiary alicyclic amines) is 1. The van der Waals surface area contributed by atoms with Gasteiger partial charge in [-0.2, -0.15) is 5.10 Å². The molecule has 128 valence electrons. The third-order valence-electron chi connectivity index (χ3n) is 6.03. The van der Waals surface area contributed by atoms with Crippen LogP contribution in [0.3, 0.4) is 0 Å². The summed E-state index contributed by atoms with van der Waals surface area (Å²) in [6, 6.07) is 0. The van der Waals surface area contributed by atoms with Crippen molar-refractivity contribution in [3.8, 4) is 0 Å². The highest BCUT2D eigenvalue weighted by atomic mass is 35.5. The van der Waals surface area contributed by atoms with Gasteiger partial charge in [-0.1, -0.05) is 19.3 Å². The Morgan fingerprint density at radius 1 is 1.09 bits per heavy atom. The highest BCUT2D eigenvalue weighted by Crippen LogP contribution is 2.44. The smallest absolute Gasteiger partial charge is 0.274 e. The van der Waals surface area contributed by atoms with Gasteiger partial charge in [-0.3, -0.25) is 9.89 Å². The minimum atomic E-state index is 0. The lowest BCUT2D eigenvalue weighted by Crippen LogP contribution is -2.44. The second-order valence-corrected chi connectivity index (χ2v) is 7.31. The highest BCUT2D eigenvalue weighted by molar-refractivity contribution is 5.94. The summed E-state index contributed by atoms with van der Waals surface area (Å²) < 4.78 is 0. The first kappa shape index (κ1) is 16.8. The Hall–Kier alpha value is -1.07. The number of piperidine rings is 1. The van der Waals surface area contributed by atoms with E-state index in [-0.39, 0.29) is 18.3 Å². The Labute approximate surface area is 144 Å². The molecule has 0 aromatic carbocycles. The molecule has 5 nitrogen and oxygen atoms in total. The van der Waals surface area contributed by atoms with Crippen molar-refractivity contribution in [3.63, 3.8) is 0 Å². The number of hydrogen-bond acceptors (Lipinski definition) is 3. The summed E-state index contributed by atoms with van der Waals surface area (Å²) in [6.07, 6.45) is 10.2. The monoisotopic (exact) mass is 338 g/mol. The Balaban J connectivity index is 0.00000156. The molecular formula is C17H27ClN4O. The molecule has 1 aromatic heterocycles. The number of carbonyl (C=O) groups is 1. The van der Waals surface area contributed by atoms with E-state index < -0.39 is 0 Å². The van der Waals surface area contributed by atoms with Gasteiger partial charge < -0.3 is 10.2 Å². The molecule has 3 heterocycles. The number of halogens is 1. The van der Waals surface area contributed by atoms with Crippen molar-refractivity contribution in [2.45, 2.75) is 57.9 Å². The van der Waals surface area contributed by atoms with Gasteiger partial charge in [-0.15, -0.1) is 12.4 Å². The number of aromatic nitrogens is 2. The van der Waals surface area contributed by atoms with Crippen LogP contribution in [0.5, 0.6) is 0 Å². The van der Waals surface area contributed by atoms with Crippen LogP contribution in [0, 0.1) is 5.41 Å². The Kier molecular flexibility index (Phi) is 4.97. The molecule has 1 spiro atoms. The van der Waals surface area contributed by atoms with Crippen molar-refractivity contribution >= 4 is 18.3 Å². The average Bonchev–Trinajstić information content (AvgIpc) is 3.00. The molecule has 1 aromatic rings. The van der Waals surface area contributed by atoms with E-state index >= 15 is 0 Å². The van der Waals surface area contributed by atoms with E-state index in [1.165, 1.54) is 44.9 Å². The predicted octanol–water partition coefficient (Wildman–Crippen LogP) is 2.66. The van der Waals surface area contributed by atoms with Crippen LogP contribution >= 0.6 is 12.4 Å². The van der Waals surface area contributed by atoms with Crippen LogP contribution in [-0.4, -0.2) is 40.6 Å². The zero-order valence-electron chi connectivity index (χ0n) is 13.7. The third-order valence-corrected chi connectivity index (χ3v) is 6.03. The quantitative estimate of drug-likeness (QED) is 0.827. The van der Waals surface area contributed by atoms with Gasteiger partial charge in [0, 0.05) is 43.9 Å². The van der Waals surface area contributed by atoms with Gasteiger partial charge in [0.25, 0.3) is 5.91 Å². The summed E-state index contributed by atoms with van der Waals surface area (Å²) >= 11 is 0. The SMILES string of the molecule is Cl.O=C(c1n[nH]c2c1CNCC2)N1CCC2(CCCCC2)CC1. The topological polar surface area (TPSA) is 61.0 Å². The first-order valence-corrected chi connectivity index (χ1v) is 8.84. The van der Waals surface area contributed by atoms with Gasteiger partial charge in [-0.05, 0) is 31.1 Å². The molecule has 4 rings (SSSR count). The van der Waals surface area contributed by atoms with Crippen LogP contribution in [0.25, 0.3) is 0 Å². The largest absolute Gasteiger partial charge is 0.337 e. The fraction of sp³-hybridized carbons (Fsp3) is 0.765. The number of fused-ring (bicyclic) bond motifs is 1. The second kappa shape index (κ2) is 6.81. The third kappa shape index (κ3) is 3.13. The number of nitrogens with zero attached hydrogens (tertiary/aromatic N) is 2. The van der Waals surface area contributed by atoms with Crippen LogP contribution in [0.4, 0.5) is 0 Å². The molecule has 0 atom stereocenters. The molecule has 1 saturated carbocycles. The summed E-state index contributed by atoms with van der Waals surface area (Å²) in [5.41, 5.74) is 3.43. The minimum absolute atomic E-state index is 0. The summed E-state index contributed by atoms with van der Waals surface area (Å²) in [5, 5.41) is 10.7. The van der Waals surface area contributed by atoms with Crippen LogP contribution < -0.4 is 5.32 Å². The summed E-state index contributed by atoms with van der Waals surface area (Å²) in [5.74, 6) is 0.131. The number of aromatic amines is 1. The van der Waals surface area contributed by atoms with Crippen LogP contribution in [0.1, 0.15) is 66.7 Å². The highest BCUT2D eigenvalue weighted by Gasteiger charge is 2.37. The molecule has 1 aliphatic carbocycles. The zero-order valence-corrected chi connectivity index (χ0v) is 14.5. The van der Waals surface area contributed by atoms with E-state index in [0.29, 0.717) is 11.1 Å². The van der Waals surface area contributed by atoms with Gasteiger partial charge >= 0.3 is 0 Å². The minimum Gasteiger partial charge on any atom is -0.337 e. The van der Waals surface area contributed by atoms with Gasteiger partial charge in [0.2, 0.25) is 0 Å². The molecule has 2 aliphatic heterocycles. The van der Waals surface area contributed by atoms with E-state index in [4.69, 9.17) is 0 Å². The molecule has 23 heavy (non-hydrogen) atoms. The van der Waals surface area contributed by atoms with Crippen molar-refractivity contribution in [2.75, 3.05) is 19.6 Å². The Morgan fingerprint density at radius 3 is 2.57 bits per heavy atom. The van der Waals surface area contributed by atoms with Crippen LogP contribution in [0.2, 0.25) is 0 Å². The molecule has 0 radical (unpaired) electrons. The fourth-order valence-electron chi connectivity index (χ4n) is 4.54. The summed E-state index contributed by atoms with van der Waals surface area (Å²) in [6.45, 7) is 3.56. The van der Waals surface area contributed by atoms with E-state index in [2.05, 4.69) is 15.5 Å². The van der Waals surface area contributed by atoms with Gasteiger partial charge in [0.1, 0.15) is 0 Å². The molecule has 2 fully saturated rings. The molecule has 1 amide bonds. The maximum atomic E-state index is 12.8. The van der Waals surface area contributed by atoms with Gasteiger partial charge in [0.15, 0.2) is 5.69 Å². The number of carbonyl (C=O) groups excluding carboxylic acids is 1. The number of hydrogen-bond donors (Lipinski definition) is 2.